The van der Waals surface area contributed by atoms with Gasteiger partial charge in [-0.25, -0.2) is 4.39 Å². The number of phenolic OH excluding ortho intramolecular Hbond substituents is 1. The zero-order valence-electron chi connectivity index (χ0n) is 14.2. The fraction of sp³-hybridized carbons (Fsp3) is 0.368. The number of alkyl halides is 3. The van der Waals surface area contributed by atoms with Crippen molar-refractivity contribution in [3.63, 3.8) is 0 Å². The Labute approximate surface area is 154 Å². The molecule has 26 heavy (non-hydrogen) atoms. The molecule has 2 rings (SSSR count). The normalized spacial score (nSPS) is 14.9. The quantitative estimate of drug-likeness (QED) is 0.672. The summed E-state index contributed by atoms with van der Waals surface area (Å²) in [5, 5.41) is 20.8. The highest BCUT2D eigenvalue weighted by Gasteiger charge is 2.56. The van der Waals surface area contributed by atoms with Crippen LogP contribution in [0.4, 0.5) is 17.6 Å². The van der Waals surface area contributed by atoms with Crippen molar-refractivity contribution in [2.75, 3.05) is 0 Å². The zero-order valence-corrected chi connectivity index (χ0v) is 15.0. The molecule has 0 spiro atoms. The van der Waals surface area contributed by atoms with E-state index in [4.69, 9.17) is 11.6 Å². The van der Waals surface area contributed by atoms with Gasteiger partial charge in [-0.2, -0.15) is 13.2 Å². The van der Waals surface area contributed by atoms with Crippen molar-refractivity contribution in [3.8, 4) is 5.75 Å². The molecule has 7 heteroatoms. The highest BCUT2D eigenvalue weighted by atomic mass is 35.5. The fourth-order valence-electron chi connectivity index (χ4n) is 3.08. The van der Waals surface area contributed by atoms with Crippen molar-refractivity contribution in [1.29, 1.82) is 0 Å². The van der Waals surface area contributed by atoms with E-state index in [0.29, 0.717) is 5.02 Å². The van der Waals surface area contributed by atoms with Crippen LogP contribution < -0.4 is 0 Å². The van der Waals surface area contributed by atoms with Crippen LogP contribution in [0.25, 0.3) is 0 Å². The predicted octanol–water partition coefficient (Wildman–Crippen LogP) is 5.39. The number of hydrogen-bond acceptors (Lipinski definition) is 2. The first-order valence-corrected chi connectivity index (χ1v) is 8.24. The van der Waals surface area contributed by atoms with Crippen molar-refractivity contribution in [2.45, 2.75) is 43.9 Å². The maximum absolute atomic E-state index is 13.7. The first-order valence-electron chi connectivity index (χ1n) is 7.87. The lowest BCUT2D eigenvalue weighted by Gasteiger charge is -2.38. The van der Waals surface area contributed by atoms with Gasteiger partial charge >= 0.3 is 6.18 Å². The zero-order chi connectivity index (χ0) is 19.8. The average molecular weight is 391 g/mol. The Bertz CT molecular complexity index is 772. The van der Waals surface area contributed by atoms with Gasteiger partial charge in [0.1, 0.15) is 11.6 Å². The van der Waals surface area contributed by atoms with Gasteiger partial charge in [0.25, 0.3) is 0 Å². The molecule has 0 aromatic heterocycles. The van der Waals surface area contributed by atoms with Crippen LogP contribution in [0.1, 0.15) is 31.4 Å². The molecule has 0 fully saturated rings. The molecule has 0 heterocycles. The minimum atomic E-state index is -4.92. The molecule has 1 unspecified atom stereocenters. The third kappa shape index (κ3) is 4.48. The molecule has 0 bridgehead atoms. The van der Waals surface area contributed by atoms with Crippen molar-refractivity contribution in [3.05, 3.63) is 64.4 Å². The number of phenols is 1. The Balaban J connectivity index is 2.40. The summed E-state index contributed by atoms with van der Waals surface area (Å²) in [6, 6.07) is 8.77. The Morgan fingerprint density at radius 3 is 2.12 bits per heavy atom. The second-order valence-electron chi connectivity index (χ2n) is 7.05. The second kappa shape index (κ2) is 7.08. The average Bonchev–Trinajstić information content (AvgIpc) is 2.50. The van der Waals surface area contributed by atoms with Crippen LogP contribution in [-0.2, 0) is 11.8 Å². The summed E-state index contributed by atoms with van der Waals surface area (Å²) in [4.78, 5) is 0. The molecule has 1 atom stereocenters. The highest BCUT2D eigenvalue weighted by Crippen LogP contribution is 2.44. The van der Waals surface area contributed by atoms with Crippen LogP contribution in [0.5, 0.6) is 5.75 Å². The summed E-state index contributed by atoms with van der Waals surface area (Å²) in [6.07, 6.45) is -6.37. The molecular formula is C19H19ClF4O2. The first kappa shape index (κ1) is 20.5. The number of aliphatic hydroxyl groups is 1. The van der Waals surface area contributed by atoms with Crippen LogP contribution in [0.2, 0.25) is 5.02 Å². The number of hydrogen-bond donors (Lipinski definition) is 2. The number of aromatic hydroxyl groups is 1. The molecule has 2 aromatic carbocycles. The summed E-state index contributed by atoms with van der Waals surface area (Å²) < 4.78 is 54.6. The maximum atomic E-state index is 13.7. The topological polar surface area (TPSA) is 40.5 Å². The number of rotatable bonds is 5. The summed E-state index contributed by atoms with van der Waals surface area (Å²) in [5.41, 5.74) is -4.16. The summed E-state index contributed by atoms with van der Waals surface area (Å²) in [5.74, 6) is -1.01. The molecule has 2 N–H and O–H groups in total. The summed E-state index contributed by atoms with van der Waals surface area (Å²) in [7, 11) is 0. The lowest BCUT2D eigenvalue weighted by atomic mass is 9.72. The first-order chi connectivity index (χ1) is 11.8. The van der Waals surface area contributed by atoms with Gasteiger partial charge in [0, 0.05) is 17.0 Å². The molecule has 0 radical (unpaired) electrons. The molecule has 0 amide bonds. The van der Waals surface area contributed by atoms with E-state index in [-0.39, 0.29) is 16.9 Å². The van der Waals surface area contributed by atoms with Crippen LogP contribution in [0.15, 0.2) is 42.5 Å². The smallest absolute Gasteiger partial charge is 0.417 e. The number of halogens is 5. The van der Waals surface area contributed by atoms with Gasteiger partial charge in [-0.3, -0.25) is 0 Å². The van der Waals surface area contributed by atoms with Gasteiger partial charge in [0.15, 0.2) is 5.60 Å². The van der Waals surface area contributed by atoms with Crippen molar-refractivity contribution < 1.29 is 27.8 Å². The standard InChI is InChI=1S/C19H19ClF4O2/c1-17(2,15-9-14(21)7-8-16(15)25)11-18(26,19(22,23)24)10-12-3-5-13(20)6-4-12/h3-9,25-26H,10-11H2,1-2H3. The Morgan fingerprint density at radius 2 is 1.58 bits per heavy atom. The van der Waals surface area contributed by atoms with E-state index in [1.807, 2.05) is 0 Å². The van der Waals surface area contributed by atoms with Crippen molar-refractivity contribution >= 4 is 11.6 Å². The molecule has 142 valence electrons. The van der Waals surface area contributed by atoms with Gasteiger partial charge < -0.3 is 10.2 Å². The Hall–Kier alpha value is -1.79. The van der Waals surface area contributed by atoms with E-state index in [2.05, 4.69) is 0 Å². The molecule has 0 aliphatic carbocycles. The Morgan fingerprint density at radius 1 is 1.00 bits per heavy atom. The lowest BCUT2D eigenvalue weighted by Crippen LogP contribution is -2.50. The van der Waals surface area contributed by atoms with Crippen molar-refractivity contribution in [1.82, 2.24) is 0 Å². The van der Waals surface area contributed by atoms with Crippen LogP contribution in [-0.4, -0.2) is 22.0 Å². The summed E-state index contributed by atoms with van der Waals surface area (Å²) >= 11 is 5.74. The van der Waals surface area contributed by atoms with E-state index in [1.165, 1.54) is 38.1 Å². The van der Waals surface area contributed by atoms with E-state index in [1.54, 1.807) is 0 Å². The molecule has 0 saturated heterocycles. The van der Waals surface area contributed by atoms with E-state index in [0.717, 1.165) is 18.2 Å². The fourth-order valence-corrected chi connectivity index (χ4v) is 3.21. The van der Waals surface area contributed by atoms with Crippen molar-refractivity contribution in [2.24, 2.45) is 0 Å². The van der Waals surface area contributed by atoms with Gasteiger partial charge in [-0.1, -0.05) is 37.6 Å². The molecule has 0 aliphatic heterocycles. The van der Waals surface area contributed by atoms with Crippen LogP contribution in [0, 0.1) is 5.82 Å². The van der Waals surface area contributed by atoms with Gasteiger partial charge in [0.05, 0.1) is 0 Å². The maximum Gasteiger partial charge on any atom is 0.417 e. The predicted molar refractivity (Wildman–Crippen MR) is 91.9 cm³/mol. The van der Waals surface area contributed by atoms with Crippen LogP contribution >= 0.6 is 11.6 Å². The minimum Gasteiger partial charge on any atom is -0.508 e. The monoisotopic (exact) mass is 390 g/mol. The number of benzene rings is 2. The lowest BCUT2D eigenvalue weighted by molar-refractivity contribution is -0.266. The van der Waals surface area contributed by atoms with E-state index in [9.17, 15) is 27.8 Å². The van der Waals surface area contributed by atoms with Gasteiger partial charge in [-0.05, 0) is 47.7 Å². The van der Waals surface area contributed by atoms with Gasteiger partial charge in [-0.15, -0.1) is 0 Å². The molecule has 2 aromatic rings. The summed E-state index contributed by atoms with van der Waals surface area (Å²) in [6.45, 7) is 2.83. The molecule has 0 aliphatic rings. The van der Waals surface area contributed by atoms with Crippen LogP contribution in [0.3, 0.4) is 0 Å². The minimum absolute atomic E-state index is 0.00344. The third-order valence-electron chi connectivity index (χ3n) is 4.36. The van der Waals surface area contributed by atoms with E-state index < -0.39 is 35.9 Å². The second-order valence-corrected chi connectivity index (χ2v) is 7.49. The Kier molecular flexibility index (Phi) is 5.59. The van der Waals surface area contributed by atoms with Gasteiger partial charge in [0.2, 0.25) is 0 Å². The highest BCUT2D eigenvalue weighted by molar-refractivity contribution is 6.30. The molecule has 0 saturated carbocycles. The third-order valence-corrected chi connectivity index (χ3v) is 4.61. The molecular weight excluding hydrogens is 372 g/mol. The SMILES string of the molecule is CC(C)(CC(O)(Cc1ccc(Cl)cc1)C(F)(F)F)c1cc(F)ccc1O. The largest absolute Gasteiger partial charge is 0.508 e. The molecule has 2 nitrogen and oxygen atoms in total. The van der Waals surface area contributed by atoms with E-state index >= 15 is 0 Å².